The molecule has 0 aliphatic heterocycles. The first-order valence-electron chi connectivity index (χ1n) is 5.45. The molecule has 0 saturated carbocycles. The lowest BCUT2D eigenvalue weighted by Gasteiger charge is -2.03. The largest absolute Gasteiger partial charge is 0.292 e. The van der Waals surface area contributed by atoms with Gasteiger partial charge in [0.25, 0.3) is 0 Å². The van der Waals surface area contributed by atoms with Crippen LogP contribution in [0.4, 0.5) is 4.39 Å². The summed E-state index contributed by atoms with van der Waals surface area (Å²) in [6.45, 7) is 1.82. The Labute approximate surface area is 113 Å². The van der Waals surface area contributed by atoms with E-state index in [1.165, 1.54) is 10.7 Å². The van der Waals surface area contributed by atoms with Crippen LogP contribution in [0.3, 0.4) is 0 Å². The Balaban J connectivity index is 2.24. The predicted molar refractivity (Wildman–Crippen MR) is 70.1 cm³/mol. The molecule has 1 aromatic heterocycles. The summed E-state index contributed by atoms with van der Waals surface area (Å²) in [7, 11) is 1.71. The summed E-state index contributed by atoms with van der Waals surface area (Å²) in [5.41, 5.74) is 1.66. The van der Waals surface area contributed by atoms with E-state index < -0.39 is 0 Å². The van der Waals surface area contributed by atoms with E-state index in [-0.39, 0.29) is 18.0 Å². The molecule has 0 atom stereocenters. The number of halogens is 2. The number of aryl methyl sites for hydroxylation is 2. The Kier molecular flexibility index (Phi) is 3.61. The number of aromatic nitrogens is 2. The highest BCUT2D eigenvalue weighted by Gasteiger charge is 2.14. The normalized spacial score (nSPS) is 10.7. The van der Waals surface area contributed by atoms with Crippen LogP contribution in [0, 0.1) is 12.7 Å². The van der Waals surface area contributed by atoms with Crippen LogP contribution in [-0.4, -0.2) is 15.6 Å². The molecule has 0 aliphatic rings. The maximum Gasteiger partial charge on any atom is 0.185 e. The summed E-state index contributed by atoms with van der Waals surface area (Å²) >= 11 is 3.18. The molecule has 18 heavy (non-hydrogen) atoms. The molecule has 0 unspecified atom stereocenters. The molecule has 5 heteroatoms. The lowest BCUT2D eigenvalue weighted by Crippen LogP contribution is -2.10. The van der Waals surface area contributed by atoms with Crippen molar-refractivity contribution in [3.05, 3.63) is 51.5 Å². The Morgan fingerprint density at radius 2 is 2.17 bits per heavy atom. The quantitative estimate of drug-likeness (QED) is 0.817. The molecule has 0 fully saturated rings. The fourth-order valence-electron chi connectivity index (χ4n) is 1.80. The number of rotatable bonds is 3. The summed E-state index contributed by atoms with van der Waals surface area (Å²) in [5, 5.41) is 4.10. The van der Waals surface area contributed by atoms with Gasteiger partial charge in [-0.15, -0.1) is 0 Å². The van der Waals surface area contributed by atoms with Gasteiger partial charge in [-0.1, -0.05) is 22.0 Å². The number of carbonyl (C=O) groups is 1. The Morgan fingerprint density at radius 3 is 2.72 bits per heavy atom. The zero-order valence-corrected chi connectivity index (χ0v) is 11.7. The van der Waals surface area contributed by atoms with Crippen molar-refractivity contribution in [3.63, 3.8) is 0 Å². The second-order valence-corrected chi connectivity index (χ2v) is 5.05. The van der Waals surface area contributed by atoms with Crippen LogP contribution in [0.5, 0.6) is 0 Å². The summed E-state index contributed by atoms with van der Waals surface area (Å²) < 4.78 is 15.8. The molecule has 0 saturated heterocycles. The van der Waals surface area contributed by atoms with Gasteiger partial charge in [-0.05, 0) is 30.7 Å². The van der Waals surface area contributed by atoms with Crippen LogP contribution in [0.2, 0.25) is 0 Å². The number of hydrogen-bond acceptors (Lipinski definition) is 2. The van der Waals surface area contributed by atoms with Gasteiger partial charge in [0.05, 0.1) is 5.69 Å². The Hall–Kier alpha value is -1.49. The lowest BCUT2D eigenvalue weighted by molar-refractivity contribution is 0.0983. The Bertz CT molecular complexity index is 607. The first kappa shape index (κ1) is 13.0. The standard InChI is InChI=1S/C13H12BrFN2O/c1-8-5-12(17(2)16-8)13(18)6-9-3-4-10(14)7-11(9)15/h3-5,7H,6H2,1-2H3. The maximum atomic E-state index is 13.6. The predicted octanol–water partition coefficient (Wildman–Crippen LogP) is 3.06. The number of carbonyl (C=O) groups excluding carboxylic acids is 1. The maximum absolute atomic E-state index is 13.6. The monoisotopic (exact) mass is 310 g/mol. The van der Waals surface area contributed by atoms with Crippen molar-refractivity contribution in [2.75, 3.05) is 0 Å². The summed E-state index contributed by atoms with van der Waals surface area (Å²) in [6.07, 6.45) is 0.0398. The number of ketones is 1. The van der Waals surface area contributed by atoms with Gasteiger partial charge in [0, 0.05) is 17.9 Å². The summed E-state index contributed by atoms with van der Waals surface area (Å²) in [5.74, 6) is -0.518. The molecule has 3 nitrogen and oxygen atoms in total. The van der Waals surface area contributed by atoms with E-state index in [1.807, 2.05) is 6.92 Å². The minimum atomic E-state index is -0.378. The van der Waals surface area contributed by atoms with Gasteiger partial charge in [-0.2, -0.15) is 5.10 Å². The van der Waals surface area contributed by atoms with E-state index in [1.54, 1.807) is 25.2 Å². The molecule has 1 aromatic carbocycles. The van der Waals surface area contributed by atoms with E-state index in [9.17, 15) is 9.18 Å². The lowest BCUT2D eigenvalue weighted by atomic mass is 10.1. The van der Waals surface area contributed by atoms with Gasteiger partial charge in [-0.3, -0.25) is 9.48 Å². The number of hydrogen-bond donors (Lipinski definition) is 0. The van der Waals surface area contributed by atoms with Gasteiger partial charge in [0.1, 0.15) is 11.5 Å². The fraction of sp³-hybridized carbons (Fsp3) is 0.231. The molecule has 2 rings (SSSR count). The highest BCUT2D eigenvalue weighted by molar-refractivity contribution is 9.10. The van der Waals surface area contributed by atoms with Crippen LogP contribution < -0.4 is 0 Å². The van der Waals surface area contributed by atoms with Crippen LogP contribution >= 0.6 is 15.9 Å². The average Bonchev–Trinajstić information content (AvgIpc) is 2.62. The molecule has 0 radical (unpaired) electrons. The van der Waals surface area contributed by atoms with Crippen molar-refractivity contribution in [1.82, 2.24) is 9.78 Å². The van der Waals surface area contributed by atoms with E-state index in [0.717, 1.165) is 5.69 Å². The second kappa shape index (κ2) is 5.02. The molecule has 2 aromatic rings. The zero-order valence-electron chi connectivity index (χ0n) is 10.1. The van der Waals surface area contributed by atoms with Gasteiger partial charge in [-0.25, -0.2) is 4.39 Å². The highest BCUT2D eigenvalue weighted by atomic mass is 79.9. The molecule has 0 N–H and O–H groups in total. The van der Waals surface area contributed by atoms with Crippen LogP contribution in [0.25, 0.3) is 0 Å². The highest BCUT2D eigenvalue weighted by Crippen LogP contribution is 2.17. The van der Waals surface area contributed by atoms with Crippen LogP contribution in [0.1, 0.15) is 21.7 Å². The van der Waals surface area contributed by atoms with E-state index >= 15 is 0 Å². The molecule has 0 amide bonds. The van der Waals surface area contributed by atoms with Crippen molar-refractivity contribution in [2.45, 2.75) is 13.3 Å². The molecular weight excluding hydrogens is 299 g/mol. The van der Waals surface area contributed by atoms with Crippen molar-refractivity contribution in [2.24, 2.45) is 7.05 Å². The summed E-state index contributed by atoms with van der Waals surface area (Å²) in [6, 6.07) is 6.40. The second-order valence-electron chi connectivity index (χ2n) is 4.13. The molecule has 0 aliphatic carbocycles. The minimum absolute atomic E-state index is 0.0398. The first-order chi connectivity index (χ1) is 8.47. The number of Topliss-reactive ketones (excluding diaryl/α,β-unsaturated/α-hetero) is 1. The smallest absolute Gasteiger partial charge is 0.185 e. The Morgan fingerprint density at radius 1 is 1.44 bits per heavy atom. The molecule has 1 heterocycles. The van der Waals surface area contributed by atoms with E-state index in [2.05, 4.69) is 21.0 Å². The van der Waals surface area contributed by atoms with Gasteiger partial charge in [0.2, 0.25) is 0 Å². The molecule has 94 valence electrons. The molecule has 0 bridgehead atoms. The van der Waals surface area contributed by atoms with Gasteiger partial charge < -0.3 is 0 Å². The molecular formula is C13H12BrFN2O. The van der Waals surface area contributed by atoms with E-state index in [4.69, 9.17) is 0 Å². The zero-order chi connectivity index (χ0) is 13.3. The van der Waals surface area contributed by atoms with Crippen molar-refractivity contribution < 1.29 is 9.18 Å². The number of benzene rings is 1. The van der Waals surface area contributed by atoms with Crippen molar-refractivity contribution in [3.8, 4) is 0 Å². The third kappa shape index (κ3) is 2.67. The van der Waals surface area contributed by atoms with Crippen molar-refractivity contribution >= 4 is 21.7 Å². The average molecular weight is 311 g/mol. The third-order valence-electron chi connectivity index (χ3n) is 2.65. The topological polar surface area (TPSA) is 34.9 Å². The van der Waals surface area contributed by atoms with Crippen molar-refractivity contribution in [1.29, 1.82) is 0 Å². The third-order valence-corrected chi connectivity index (χ3v) is 3.15. The first-order valence-corrected chi connectivity index (χ1v) is 6.24. The SMILES string of the molecule is Cc1cc(C(=O)Cc2ccc(Br)cc2F)n(C)n1. The van der Waals surface area contributed by atoms with Gasteiger partial charge in [0.15, 0.2) is 5.78 Å². The number of nitrogens with zero attached hydrogens (tertiary/aromatic N) is 2. The molecule has 0 spiro atoms. The van der Waals surface area contributed by atoms with Crippen LogP contribution in [0.15, 0.2) is 28.7 Å². The fourth-order valence-corrected chi connectivity index (χ4v) is 2.13. The minimum Gasteiger partial charge on any atom is -0.292 e. The van der Waals surface area contributed by atoms with Gasteiger partial charge >= 0.3 is 0 Å². The summed E-state index contributed by atoms with van der Waals surface area (Å²) in [4.78, 5) is 12.0. The van der Waals surface area contributed by atoms with Crippen LogP contribution in [-0.2, 0) is 13.5 Å². The van der Waals surface area contributed by atoms with E-state index in [0.29, 0.717) is 15.7 Å².